The van der Waals surface area contributed by atoms with Crippen LogP contribution in [0.3, 0.4) is 0 Å². The maximum atomic E-state index is 12.1. The minimum atomic E-state index is -4.32. The van der Waals surface area contributed by atoms with Gasteiger partial charge in [-0.05, 0) is 29.7 Å². The van der Waals surface area contributed by atoms with Crippen LogP contribution in [0.15, 0.2) is 53.5 Å². The van der Waals surface area contributed by atoms with E-state index < -0.39 is 12.8 Å². The highest BCUT2D eigenvalue weighted by Crippen LogP contribution is 2.17. The van der Waals surface area contributed by atoms with Crippen LogP contribution < -0.4 is 10.9 Å². The summed E-state index contributed by atoms with van der Waals surface area (Å²) in [5.41, 5.74) is 2.83. The molecule has 2 N–H and O–H groups in total. The van der Waals surface area contributed by atoms with Gasteiger partial charge in [-0.1, -0.05) is 31.2 Å². The normalized spacial score (nSPS) is 11.5. The third-order valence-electron chi connectivity index (χ3n) is 4.22. The van der Waals surface area contributed by atoms with Gasteiger partial charge < -0.3 is 15.0 Å². The number of alkyl halides is 3. The van der Waals surface area contributed by atoms with Gasteiger partial charge in [0.1, 0.15) is 18.2 Å². The molecule has 0 radical (unpaired) electrons. The zero-order valence-corrected chi connectivity index (χ0v) is 16.3. The molecule has 0 saturated carbocycles. The first-order valence-electron chi connectivity index (χ1n) is 9.35. The van der Waals surface area contributed by atoms with Crippen LogP contribution in [0.25, 0.3) is 11.4 Å². The molecule has 0 amide bonds. The molecular formula is C21H21F3N4O2. The average molecular weight is 418 g/mol. The minimum Gasteiger partial charge on any atom is -0.367 e. The Morgan fingerprint density at radius 3 is 2.47 bits per heavy atom. The summed E-state index contributed by atoms with van der Waals surface area (Å²) in [4.78, 5) is 23.2. The second-order valence-corrected chi connectivity index (χ2v) is 6.65. The number of aromatic amines is 1. The van der Waals surface area contributed by atoms with Crippen molar-refractivity contribution in [2.75, 3.05) is 11.9 Å². The second kappa shape index (κ2) is 9.53. The number of aromatic nitrogens is 3. The van der Waals surface area contributed by atoms with Gasteiger partial charge in [0.15, 0.2) is 0 Å². The Kier molecular flexibility index (Phi) is 6.83. The molecule has 158 valence electrons. The van der Waals surface area contributed by atoms with Crippen LogP contribution in [-0.4, -0.2) is 27.7 Å². The fourth-order valence-corrected chi connectivity index (χ4v) is 2.69. The second-order valence-electron chi connectivity index (χ2n) is 6.65. The number of rotatable bonds is 8. The molecule has 0 aliphatic rings. The number of anilines is 1. The first-order valence-corrected chi connectivity index (χ1v) is 9.35. The van der Waals surface area contributed by atoms with Crippen molar-refractivity contribution in [3.8, 4) is 11.4 Å². The zero-order chi connectivity index (χ0) is 21.6. The molecule has 9 heteroatoms. The Hall–Kier alpha value is -3.20. The molecule has 2 aromatic heterocycles. The topological polar surface area (TPSA) is 79.9 Å². The zero-order valence-electron chi connectivity index (χ0n) is 16.3. The van der Waals surface area contributed by atoms with Gasteiger partial charge in [-0.25, -0.2) is 9.97 Å². The predicted molar refractivity (Wildman–Crippen MR) is 107 cm³/mol. The molecule has 0 bridgehead atoms. The first-order chi connectivity index (χ1) is 14.3. The van der Waals surface area contributed by atoms with E-state index in [0.29, 0.717) is 41.4 Å². The van der Waals surface area contributed by atoms with E-state index in [4.69, 9.17) is 0 Å². The van der Waals surface area contributed by atoms with Gasteiger partial charge in [-0.3, -0.25) is 4.79 Å². The van der Waals surface area contributed by atoms with E-state index >= 15 is 0 Å². The summed E-state index contributed by atoms with van der Waals surface area (Å²) in [6.07, 6.45) is -2.03. The van der Waals surface area contributed by atoms with Crippen LogP contribution in [0.4, 0.5) is 19.0 Å². The van der Waals surface area contributed by atoms with Crippen LogP contribution in [0, 0.1) is 0 Å². The highest BCUT2D eigenvalue weighted by atomic mass is 19.4. The molecule has 1 aromatic carbocycles. The monoisotopic (exact) mass is 418 g/mol. The van der Waals surface area contributed by atoms with Crippen LogP contribution >= 0.6 is 0 Å². The van der Waals surface area contributed by atoms with Gasteiger partial charge in [-0.15, -0.1) is 0 Å². The molecule has 0 saturated heterocycles. The molecule has 0 aliphatic heterocycles. The lowest BCUT2D eigenvalue weighted by Crippen LogP contribution is -2.16. The van der Waals surface area contributed by atoms with Crippen molar-refractivity contribution < 1.29 is 17.9 Å². The molecule has 0 aliphatic carbocycles. The SMILES string of the molecule is CCc1cc(=O)[nH]c(-c2ccc(NCc3ccc(COCC(F)(F)F)cc3)nc2)n1. The van der Waals surface area contributed by atoms with E-state index in [9.17, 15) is 18.0 Å². The molecule has 6 nitrogen and oxygen atoms in total. The predicted octanol–water partition coefficient (Wildman–Crippen LogP) is 4.09. The molecule has 0 unspecified atom stereocenters. The summed E-state index contributed by atoms with van der Waals surface area (Å²) in [5.74, 6) is 1.12. The number of H-pyrrole nitrogens is 1. The number of nitrogens with one attached hydrogen (secondary N) is 2. The van der Waals surface area contributed by atoms with Crippen molar-refractivity contribution in [1.82, 2.24) is 15.0 Å². The number of ether oxygens (including phenoxy) is 1. The number of benzene rings is 1. The van der Waals surface area contributed by atoms with Crippen LogP contribution in [0.5, 0.6) is 0 Å². The summed E-state index contributed by atoms with van der Waals surface area (Å²) in [7, 11) is 0. The van der Waals surface area contributed by atoms with Gasteiger partial charge in [0.25, 0.3) is 5.56 Å². The van der Waals surface area contributed by atoms with E-state index in [1.54, 1.807) is 24.4 Å². The standard InChI is InChI=1S/C21H21F3N4O2/c1-2-17-9-19(29)28-20(27-17)16-7-8-18(26-11-16)25-10-14-3-5-15(6-4-14)12-30-13-21(22,23)24/h3-9,11H,2,10,12-13H2,1H3,(H,25,26)(H,27,28,29). The molecule has 0 fully saturated rings. The molecule has 30 heavy (non-hydrogen) atoms. The lowest BCUT2D eigenvalue weighted by molar-refractivity contribution is -0.176. The van der Waals surface area contributed by atoms with Crippen LogP contribution in [0.2, 0.25) is 0 Å². The number of halogens is 3. The summed E-state index contributed by atoms with van der Waals surface area (Å²) in [5, 5.41) is 3.17. The fourth-order valence-electron chi connectivity index (χ4n) is 2.69. The van der Waals surface area contributed by atoms with E-state index in [1.807, 2.05) is 25.1 Å². The van der Waals surface area contributed by atoms with Gasteiger partial charge in [-0.2, -0.15) is 13.2 Å². The van der Waals surface area contributed by atoms with Crippen molar-refractivity contribution in [2.45, 2.75) is 32.7 Å². The summed E-state index contributed by atoms with van der Waals surface area (Å²) in [6, 6.07) is 12.2. The quantitative estimate of drug-likeness (QED) is 0.576. The number of hydrogen-bond acceptors (Lipinski definition) is 5. The first kappa shape index (κ1) is 21.5. The lowest BCUT2D eigenvalue weighted by atomic mass is 10.1. The summed E-state index contributed by atoms with van der Waals surface area (Å²) in [6.45, 7) is 1.07. The Morgan fingerprint density at radius 2 is 1.83 bits per heavy atom. The van der Waals surface area contributed by atoms with Crippen LogP contribution in [0.1, 0.15) is 23.7 Å². The van der Waals surface area contributed by atoms with E-state index in [1.165, 1.54) is 6.07 Å². The number of aryl methyl sites for hydroxylation is 1. The van der Waals surface area contributed by atoms with Crippen molar-refractivity contribution >= 4 is 5.82 Å². The third kappa shape index (κ3) is 6.41. The lowest BCUT2D eigenvalue weighted by Gasteiger charge is -2.09. The van der Waals surface area contributed by atoms with Crippen molar-refractivity contribution in [3.63, 3.8) is 0 Å². The molecule has 2 heterocycles. The largest absolute Gasteiger partial charge is 0.411 e. The number of nitrogens with zero attached hydrogens (tertiary/aromatic N) is 2. The number of pyridine rings is 1. The Morgan fingerprint density at radius 1 is 1.10 bits per heavy atom. The summed E-state index contributed by atoms with van der Waals surface area (Å²) >= 11 is 0. The maximum Gasteiger partial charge on any atom is 0.411 e. The van der Waals surface area contributed by atoms with Crippen molar-refractivity contribution in [3.05, 3.63) is 75.8 Å². The van der Waals surface area contributed by atoms with Gasteiger partial charge >= 0.3 is 6.18 Å². The highest BCUT2D eigenvalue weighted by molar-refractivity contribution is 5.55. The molecule has 0 spiro atoms. The molecule has 0 atom stereocenters. The van der Waals surface area contributed by atoms with E-state index in [-0.39, 0.29) is 12.2 Å². The van der Waals surface area contributed by atoms with Gasteiger partial charge in [0.2, 0.25) is 0 Å². The van der Waals surface area contributed by atoms with Crippen LogP contribution in [-0.2, 0) is 24.3 Å². The minimum absolute atomic E-state index is 0.0917. The Labute approximate surface area is 171 Å². The van der Waals surface area contributed by atoms with Gasteiger partial charge in [0.05, 0.1) is 6.61 Å². The van der Waals surface area contributed by atoms with Crippen molar-refractivity contribution in [2.24, 2.45) is 0 Å². The Bertz CT molecular complexity index is 1020. The molecule has 3 rings (SSSR count). The molecule has 3 aromatic rings. The van der Waals surface area contributed by atoms with E-state index in [0.717, 1.165) is 5.56 Å². The van der Waals surface area contributed by atoms with Crippen molar-refractivity contribution in [1.29, 1.82) is 0 Å². The third-order valence-corrected chi connectivity index (χ3v) is 4.22. The maximum absolute atomic E-state index is 12.1. The smallest absolute Gasteiger partial charge is 0.367 e. The average Bonchev–Trinajstić information content (AvgIpc) is 2.72. The van der Waals surface area contributed by atoms with E-state index in [2.05, 4.69) is 25.0 Å². The molecular weight excluding hydrogens is 397 g/mol. The van der Waals surface area contributed by atoms with Gasteiger partial charge in [0, 0.05) is 30.1 Å². The summed E-state index contributed by atoms with van der Waals surface area (Å²) < 4.78 is 40.9. The highest BCUT2D eigenvalue weighted by Gasteiger charge is 2.27. The fraction of sp³-hybridized carbons (Fsp3) is 0.286. The number of hydrogen-bond donors (Lipinski definition) is 2. The Balaban J connectivity index is 1.55.